The number of aliphatic hydroxyl groups excluding tert-OH is 1. The molecule has 0 aliphatic carbocycles. The Bertz CT molecular complexity index is 672. The molecule has 0 aliphatic rings. The van der Waals surface area contributed by atoms with E-state index in [2.05, 4.69) is 32.3 Å². The van der Waals surface area contributed by atoms with Crippen LogP contribution in [0, 0.1) is 5.82 Å². The van der Waals surface area contributed by atoms with Crippen molar-refractivity contribution in [2.45, 2.75) is 10.3 Å². The SMILES string of the molecule is O=S(=O)(NC(S)CO)c1ccc(F)c2nonc12. The summed E-state index contributed by atoms with van der Waals surface area (Å²) in [7, 11) is -4.00. The zero-order valence-corrected chi connectivity index (χ0v) is 10.4. The minimum Gasteiger partial charge on any atom is -0.394 e. The lowest BCUT2D eigenvalue weighted by atomic mass is 10.3. The van der Waals surface area contributed by atoms with Gasteiger partial charge in [-0.05, 0) is 22.4 Å². The Morgan fingerprint density at radius 2 is 2.11 bits per heavy atom. The third-order valence-electron chi connectivity index (χ3n) is 2.08. The largest absolute Gasteiger partial charge is 0.394 e. The number of nitrogens with one attached hydrogen (secondary N) is 1. The number of aromatic nitrogens is 2. The molecule has 2 N–H and O–H groups in total. The summed E-state index contributed by atoms with van der Waals surface area (Å²) in [4.78, 5) is -0.298. The number of sulfonamides is 1. The first-order valence-electron chi connectivity index (χ1n) is 4.67. The molecule has 1 aromatic heterocycles. The highest BCUT2D eigenvalue weighted by Gasteiger charge is 2.24. The normalized spacial score (nSPS) is 13.9. The maximum absolute atomic E-state index is 13.3. The maximum Gasteiger partial charge on any atom is 0.243 e. The molecule has 0 spiro atoms. The average Bonchev–Trinajstić information content (AvgIpc) is 2.78. The fraction of sp³-hybridized carbons (Fsp3) is 0.250. The second-order valence-corrected chi connectivity index (χ2v) is 5.63. The van der Waals surface area contributed by atoms with Crippen LogP contribution in [0.25, 0.3) is 11.0 Å². The molecule has 7 nitrogen and oxygen atoms in total. The molecule has 2 rings (SSSR count). The lowest BCUT2D eigenvalue weighted by Gasteiger charge is -2.10. The zero-order valence-electron chi connectivity index (χ0n) is 8.74. The molecule has 1 atom stereocenters. The standard InChI is InChI=1S/C8H8FN3O4S2/c9-4-1-2-5(8-7(4)10-16-11-8)18(14,15)12-6(17)3-13/h1-2,6,12-13,17H,3H2. The molecule has 0 saturated heterocycles. The van der Waals surface area contributed by atoms with Gasteiger partial charge in [0.2, 0.25) is 10.0 Å². The third kappa shape index (κ3) is 2.32. The molecule has 0 radical (unpaired) electrons. The van der Waals surface area contributed by atoms with E-state index < -0.39 is 27.8 Å². The Hall–Kier alpha value is -1.23. The minimum absolute atomic E-state index is 0.221. The number of fused-ring (bicyclic) bond motifs is 1. The first-order chi connectivity index (χ1) is 8.45. The van der Waals surface area contributed by atoms with Crippen molar-refractivity contribution in [3.05, 3.63) is 17.9 Å². The van der Waals surface area contributed by atoms with E-state index in [-0.39, 0.29) is 15.9 Å². The molecule has 0 bridgehead atoms. The molecular formula is C8H8FN3O4S2. The number of benzene rings is 1. The summed E-state index contributed by atoms with van der Waals surface area (Å²) in [5.41, 5.74) is -0.501. The molecule has 10 heteroatoms. The van der Waals surface area contributed by atoms with Gasteiger partial charge in [0.25, 0.3) is 0 Å². The van der Waals surface area contributed by atoms with E-state index in [4.69, 9.17) is 5.11 Å². The topological polar surface area (TPSA) is 105 Å². The van der Waals surface area contributed by atoms with Crippen molar-refractivity contribution >= 4 is 33.7 Å². The van der Waals surface area contributed by atoms with Gasteiger partial charge >= 0.3 is 0 Å². The summed E-state index contributed by atoms with van der Waals surface area (Å²) in [6.45, 7) is -0.496. The molecule has 98 valence electrons. The predicted molar refractivity (Wildman–Crippen MR) is 61.9 cm³/mol. The second-order valence-electron chi connectivity index (χ2n) is 3.33. The Kier molecular flexibility index (Phi) is 3.52. The number of hydrogen-bond donors (Lipinski definition) is 3. The fourth-order valence-corrected chi connectivity index (χ4v) is 2.92. The van der Waals surface area contributed by atoms with Crippen LogP contribution in [0.15, 0.2) is 21.7 Å². The van der Waals surface area contributed by atoms with Crippen LogP contribution in [0.1, 0.15) is 0 Å². The lowest BCUT2D eigenvalue weighted by Crippen LogP contribution is -2.33. The molecule has 0 fully saturated rings. The first kappa shape index (κ1) is 13.2. The van der Waals surface area contributed by atoms with Crippen molar-refractivity contribution in [2.75, 3.05) is 6.61 Å². The van der Waals surface area contributed by atoms with Crippen LogP contribution in [0.2, 0.25) is 0 Å². The van der Waals surface area contributed by atoms with Gasteiger partial charge in [0.05, 0.1) is 12.0 Å². The van der Waals surface area contributed by atoms with E-state index >= 15 is 0 Å². The van der Waals surface area contributed by atoms with Crippen molar-refractivity contribution in [2.24, 2.45) is 0 Å². The third-order valence-corrected chi connectivity index (χ3v) is 4.05. The smallest absolute Gasteiger partial charge is 0.243 e. The van der Waals surface area contributed by atoms with Gasteiger partial charge in [0.1, 0.15) is 4.90 Å². The van der Waals surface area contributed by atoms with Gasteiger partial charge in [-0.25, -0.2) is 17.4 Å². The predicted octanol–water partition coefficient (Wildman–Crippen LogP) is -0.112. The lowest BCUT2D eigenvalue weighted by molar-refractivity contribution is 0.291. The summed E-state index contributed by atoms with van der Waals surface area (Å²) in [6, 6.07) is 1.97. The van der Waals surface area contributed by atoms with E-state index in [1.165, 1.54) is 0 Å². The van der Waals surface area contributed by atoms with Crippen LogP contribution in [0.4, 0.5) is 4.39 Å². The minimum atomic E-state index is -4.00. The average molecular weight is 293 g/mol. The molecule has 2 aromatic rings. The Morgan fingerprint density at radius 3 is 2.78 bits per heavy atom. The summed E-state index contributed by atoms with van der Waals surface area (Å²) < 4.78 is 43.5. The van der Waals surface area contributed by atoms with Crippen molar-refractivity contribution in [3.8, 4) is 0 Å². The highest BCUT2D eigenvalue weighted by atomic mass is 32.2. The van der Waals surface area contributed by atoms with E-state index in [0.717, 1.165) is 12.1 Å². The summed E-state index contributed by atoms with van der Waals surface area (Å²) >= 11 is 3.80. The number of thiol groups is 1. The molecule has 0 saturated carbocycles. The van der Waals surface area contributed by atoms with Crippen molar-refractivity contribution in [1.29, 1.82) is 0 Å². The molecule has 1 unspecified atom stereocenters. The summed E-state index contributed by atoms with van der Waals surface area (Å²) in [6.07, 6.45) is 0. The van der Waals surface area contributed by atoms with E-state index in [1.54, 1.807) is 0 Å². The van der Waals surface area contributed by atoms with Gasteiger partial charge in [0, 0.05) is 0 Å². The van der Waals surface area contributed by atoms with Gasteiger partial charge in [0.15, 0.2) is 16.9 Å². The quantitative estimate of drug-likeness (QED) is 0.536. The van der Waals surface area contributed by atoms with Crippen LogP contribution < -0.4 is 4.72 Å². The number of rotatable bonds is 4. The molecule has 1 aromatic carbocycles. The van der Waals surface area contributed by atoms with Gasteiger partial charge in [-0.3, -0.25) is 0 Å². The maximum atomic E-state index is 13.3. The second kappa shape index (κ2) is 4.80. The molecule has 18 heavy (non-hydrogen) atoms. The highest BCUT2D eigenvalue weighted by Crippen LogP contribution is 2.22. The van der Waals surface area contributed by atoms with Gasteiger partial charge in [-0.2, -0.15) is 17.4 Å². The summed E-state index contributed by atoms with van der Waals surface area (Å²) in [5.74, 6) is -0.741. The molecule has 0 amide bonds. The Morgan fingerprint density at radius 1 is 1.44 bits per heavy atom. The van der Waals surface area contributed by atoms with Crippen LogP contribution in [0.3, 0.4) is 0 Å². The highest BCUT2D eigenvalue weighted by molar-refractivity contribution is 7.91. The number of halogens is 1. The number of aliphatic hydroxyl groups is 1. The van der Waals surface area contributed by atoms with E-state index in [1.807, 2.05) is 0 Å². The van der Waals surface area contributed by atoms with E-state index in [0.29, 0.717) is 0 Å². The van der Waals surface area contributed by atoms with Crippen LogP contribution in [-0.2, 0) is 10.0 Å². The zero-order chi connectivity index (χ0) is 13.3. The first-order valence-corrected chi connectivity index (χ1v) is 6.67. The molecule has 0 aliphatic heterocycles. The van der Waals surface area contributed by atoms with Crippen LogP contribution >= 0.6 is 12.6 Å². The summed E-state index contributed by atoms with van der Waals surface area (Å²) in [5, 5.41) is 14.4. The number of nitrogens with zero attached hydrogens (tertiary/aromatic N) is 2. The molecular weight excluding hydrogens is 285 g/mol. The Balaban J connectivity index is 2.54. The monoisotopic (exact) mass is 293 g/mol. The van der Waals surface area contributed by atoms with Crippen molar-refractivity contribution < 1.29 is 22.5 Å². The molecule has 1 heterocycles. The fourth-order valence-electron chi connectivity index (χ4n) is 1.31. The Labute approximate surface area is 106 Å². The van der Waals surface area contributed by atoms with Gasteiger partial charge in [-0.1, -0.05) is 0 Å². The van der Waals surface area contributed by atoms with E-state index in [9.17, 15) is 12.8 Å². The van der Waals surface area contributed by atoms with Gasteiger partial charge < -0.3 is 5.11 Å². The van der Waals surface area contributed by atoms with Crippen molar-refractivity contribution in [3.63, 3.8) is 0 Å². The van der Waals surface area contributed by atoms with Crippen LogP contribution in [-0.4, -0.2) is 35.8 Å². The van der Waals surface area contributed by atoms with Crippen molar-refractivity contribution in [1.82, 2.24) is 15.0 Å². The van der Waals surface area contributed by atoms with Crippen LogP contribution in [0.5, 0.6) is 0 Å². The number of hydrogen-bond acceptors (Lipinski definition) is 7. The van der Waals surface area contributed by atoms with Gasteiger partial charge in [-0.15, -0.1) is 0 Å².